The Bertz CT molecular complexity index is 6490. The van der Waals surface area contributed by atoms with Crippen LogP contribution in [0.4, 0.5) is 45.2 Å². The summed E-state index contributed by atoms with van der Waals surface area (Å²) < 4.78 is 341. The van der Waals surface area contributed by atoms with Crippen LogP contribution in [0.15, 0.2) is 98.0 Å². The molecular weight excluding hydrogens is 1560 g/mol. The molecule has 16 rings (SSSR count). The molecule has 4 unspecified atom stereocenters. The fourth-order valence-corrected chi connectivity index (χ4v) is 14.0. The van der Waals surface area contributed by atoms with Gasteiger partial charge in [-0.05, 0) is 122 Å². The molecule has 0 spiro atoms. The van der Waals surface area contributed by atoms with Gasteiger partial charge in [0.1, 0.15) is 94.9 Å². The Morgan fingerprint density at radius 1 is 0.486 bits per heavy atom. The third kappa shape index (κ3) is 20.7. The second kappa shape index (κ2) is 36.3. The van der Waals surface area contributed by atoms with Crippen LogP contribution in [0, 0.1) is 40.4 Å². The minimum atomic E-state index is -3.74. The highest BCUT2D eigenvalue weighted by Crippen LogP contribution is 2.36. The summed E-state index contributed by atoms with van der Waals surface area (Å²) in [6.45, 7) is -11.4. The van der Waals surface area contributed by atoms with Crippen LogP contribution in [0.3, 0.4) is 0 Å². The number of halogens is 10. The average molecular weight is 1660 g/mol. The number of aromatic nitrogens is 12. The Morgan fingerprint density at radius 3 is 1.33 bits per heavy atom. The molecule has 558 valence electrons. The van der Waals surface area contributed by atoms with Crippen molar-refractivity contribution in [3.05, 3.63) is 183 Å². The van der Waals surface area contributed by atoms with Gasteiger partial charge in [-0.3, -0.25) is 19.6 Å². The lowest BCUT2D eigenvalue weighted by atomic mass is 10.0. The number of nitrogens with one attached hydrogen (secondary N) is 4. The van der Waals surface area contributed by atoms with Crippen LogP contribution in [0.1, 0.15) is 142 Å². The molecular formula is C72H71Cl5F5N21S4. The van der Waals surface area contributed by atoms with Crippen molar-refractivity contribution in [3.63, 3.8) is 0 Å². The number of anilines is 4. The zero-order valence-electron chi connectivity index (χ0n) is 86.8. The summed E-state index contributed by atoms with van der Waals surface area (Å²) in [4.78, 5) is 51.1. The third-order valence-corrected chi connectivity index (χ3v) is 20.1. The number of fused-ring (bicyclic) bond motifs is 4. The second-order valence-corrected chi connectivity index (χ2v) is 29.1. The van der Waals surface area contributed by atoms with Crippen molar-refractivity contribution in [2.45, 2.75) is 121 Å². The normalized spacial score (nSPS) is 26.7. The lowest BCUT2D eigenvalue weighted by Gasteiger charge is -2.32. The van der Waals surface area contributed by atoms with E-state index < -0.39 is 192 Å². The molecule has 4 saturated heterocycles. The summed E-state index contributed by atoms with van der Waals surface area (Å²) in [5.74, 6) is -6.69. The van der Waals surface area contributed by atoms with Gasteiger partial charge in [-0.2, -0.15) is 5.26 Å². The van der Waals surface area contributed by atoms with Gasteiger partial charge in [-0.15, -0.1) is 11.3 Å². The number of hydrogen-bond acceptors (Lipinski definition) is 25. The van der Waals surface area contributed by atoms with Crippen molar-refractivity contribution in [1.29, 1.82) is 5.26 Å². The topological polar surface area (TPSA) is 240 Å². The van der Waals surface area contributed by atoms with Crippen molar-refractivity contribution in [1.82, 2.24) is 79.4 Å². The van der Waals surface area contributed by atoms with Crippen molar-refractivity contribution < 1.29 is 66.0 Å². The first-order chi connectivity index (χ1) is 64.1. The van der Waals surface area contributed by atoms with Crippen LogP contribution >= 0.6 is 103 Å². The summed E-state index contributed by atoms with van der Waals surface area (Å²) in [6.07, 6.45) is -18.5. The SMILES string of the molecule is [2H]C(c1ccc(F)c(C#N)c1)N1C([2H])([2H])C([2H])([2H])C([2H])(N([2H])c2ncnc3nc(Cl)sc23)C([2H])([2H])C1([2H])[2H].[2H]c1nc(N([2H])C2([2H])C([2H])([2H])CN(C([2H])c3ccc(F)c(Cl)c3)CC2([2H])[2H])c2sc(Cl)nc2n1.[2H]c1nc(N([2H])C2([2H])C([2H])([2H])CN(C([2H])c3ccc(F)c(F)c3)CC2([2H])[2H])c2sc(Cl)nc2n1.[2H]c1nc(N([2H])C2([2H])CCN(C([2H])c3ccc(F)c(Cl)c3)CC2)c2sc(C([2H])(C)C)nc2n1. The highest BCUT2D eigenvalue weighted by molar-refractivity contribution is 7.23. The van der Waals surface area contributed by atoms with Gasteiger partial charge in [0.25, 0.3) is 0 Å². The van der Waals surface area contributed by atoms with Crippen LogP contribution in [0.25, 0.3) is 41.4 Å². The Kier molecular flexibility index (Phi) is 15.9. The molecule has 0 amide bonds. The standard InChI is InChI=1S/C20H23ClFN5S.C18H16ClFN6S.C17H16Cl2FN5S.C17H16ClF2N5S/c1-12(2)20-26-19-17(28-20)18(23-11-24-19)25-14-5-7-27(8-6-14)10-13-3-4-16(22)15(21)9-13;19-18-25-17-15(27-18)16(22-10-23-17)24-13-3-5-26(6-4-13)9-11-1-2-14(20)12(7-11)8-21;18-12-7-10(1-2-13(12)20)8-25-5-3-11(4-6-25)23-15-14-16(22-9-21-15)24-17(19)26-14;18-17-24-16-14(26-17)15(21-9-22-16)23-11-3-5-25(6-4-11)8-10-1-2-12(19)13(20)7-10/h3-4,9,11-12,14H,5-8,10H2,1-2H3,(H,23,24,25);1-2,7,10,13H,3-6,9H2,(H,22,23,24);2*1-2,7,9,11H,3-6,8H2,(H,21,22,23)/i10D,11D,12D,14D;3D2,4D2,5D2,6D2,9D,13D;2*3D2,4D2,8D,9D,11D/hD4. The molecule has 0 bridgehead atoms. The fraction of sp³-hybridized carbons (Fsp3) is 0.375. The van der Waals surface area contributed by atoms with Gasteiger partial charge in [-0.1, -0.05) is 130 Å². The van der Waals surface area contributed by atoms with Crippen LogP contribution in [0.5, 0.6) is 0 Å². The smallest absolute Gasteiger partial charge is 0.186 e. The summed E-state index contributed by atoms with van der Waals surface area (Å²) >= 11 is 33.0. The molecule has 4 atom stereocenters. The minimum absolute atomic E-state index is 0.00741. The maximum Gasteiger partial charge on any atom is 0.186 e. The van der Waals surface area contributed by atoms with Crippen LogP contribution in [0.2, 0.25) is 29.1 Å². The van der Waals surface area contributed by atoms with Gasteiger partial charge in [0.15, 0.2) is 53.3 Å². The highest BCUT2D eigenvalue weighted by Gasteiger charge is 2.27. The van der Waals surface area contributed by atoms with Crippen molar-refractivity contribution in [2.24, 2.45) is 0 Å². The van der Waals surface area contributed by atoms with E-state index >= 15 is 0 Å². The number of piperidine rings is 4. The molecule has 21 nitrogen and oxygen atoms in total. The molecule has 0 aliphatic carbocycles. The largest absolute Gasteiger partial charge is 0.366 e. The minimum Gasteiger partial charge on any atom is -0.366 e. The second-order valence-electron chi connectivity index (χ2n) is 22.5. The maximum atomic E-state index is 13.9. The average Bonchev–Trinajstić information content (AvgIpc) is 0.921. The van der Waals surface area contributed by atoms with Crippen molar-refractivity contribution in [3.8, 4) is 6.07 Å². The van der Waals surface area contributed by atoms with E-state index in [4.69, 9.17) is 107 Å². The number of benzene rings is 4. The first-order valence-corrected chi connectivity index (χ1v) is 36.2. The Morgan fingerprint density at radius 2 is 0.869 bits per heavy atom. The molecule has 4 fully saturated rings. The van der Waals surface area contributed by atoms with Gasteiger partial charge >= 0.3 is 0 Å². The molecule has 0 saturated carbocycles. The van der Waals surface area contributed by atoms with E-state index in [1.54, 1.807) is 13.8 Å². The zero-order chi connectivity index (χ0) is 103. The van der Waals surface area contributed by atoms with E-state index in [1.165, 1.54) is 47.7 Å². The Labute approximate surface area is 699 Å². The number of likely N-dealkylation sites (tertiary alicyclic amines) is 4. The van der Waals surface area contributed by atoms with Gasteiger partial charge in [-0.25, -0.2) is 81.8 Å². The van der Waals surface area contributed by atoms with Gasteiger partial charge in [0.05, 0.1) is 26.1 Å². The highest BCUT2D eigenvalue weighted by atomic mass is 35.5. The van der Waals surface area contributed by atoms with Crippen molar-refractivity contribution in [2.75, 3.05) is 73.5 Å². The Balaban J connectivity index is 0.000000156. The monoisotopic (exact) mass is 1660 g/mol. The molecule has 0 radical (unpaired) electrons. The number of thiazole rings is 4. The number of hydrogen-bond donors (Lipinski definition) is 4. The van der Waals surface area contributed by atoms with E-state index in [2.05, 4.69) is 59.8 Å². The van der Waals surface area contributed by atoms with E-state index in [0.29, 0.717) is 33.7 Å². The molecule has 4 N–H and O–H groups in total. The zero-order valence-corrected chi connectivity index (χ0v) is 61.8. The maximum absolute atomic E-state index is 13.9. The summed E-state index contributed by atoms with van der Waals surface area (Å²) in [5, 5.41) is 10.9. The molecule has 107 heavy (non-hydrogen) atoms. The Hall–Kier alpha value is -7.61. The predicted molar refractivity (Wildman–Crippen MR) is 418 cm³/mol. The fourth-order valence-electron chi connectivity index (χ4n) is 9.75. The van der Waals surface area contributed by atoms with Gasteiger partial charge in [0, 0.05) is 137 Å². The molecule has 35 heteroatoms. The lowest BCUT2D eigenvalue weighted by molar-refractivity contribution is 0.211. The molecule has 4 aliphatic rings. The first kappa shape index (κ1) is 46.8. The quantitative estimate of drug-likeness (QED) is 0.0620. The summed E-state index contributed by atoms with van der Waals surface area (Å²) in [6, 6.07) is 3.89. The summed E-state index contributed by atoms with van der Waals surface area (Å²) in [5.41, 5.74) is -0.0122. The third-order valence-electron chi connectivity index (χ3n) is 14.8. The molecule has 12 heterocycles. The lowest BCUT2D eigenvalue weighted by Crippen LogP contribution is -2.38. The van der Waals surface area contributed by atoms with Gasteiger partial charge < -0.3 is 21.2 Å². The summed E-state index contributed by atoms with van der Waals surface area (Å²) in [7, 11) is 0. The van der Waals surface area contributed by atoms with Crippen LogP contribution in [-0.4, -0.2) is 156 Å². The molecule has 4 aliphatic heterocycles. The number of nitriles is 1. The van der Waals surface area contributed by atoms with Crippen LogP contribution < -0.4 is 21.2 Å². The predicted octanol–water partition coefficient (Wildman–Crippen LogP) is 17.6. The van der Waals surface area contributed by atoms with Gasteiger partial charge in [0.2, 0.25) is 0 Å². The van der Waals surface area contributed by atoms with E-state index in [1.807, 2.05) is 4.90 Å². The number of nitrogens with zero attached hydrogens (tertiary/aromatic N) is 17. The molecule has 12 aromatic rings. The van der Waals surface area contributed by atoms with E-state index in [9.17, 15) is 22.0 Å². The first-order valence-electron chi connectivity index (χ1n) is 47.2. The van der Waals surface area contributed by atoms with Crippen LogP contribution in [-0.2, 0) is 26.1 Å². The number of rotatable bonds is 17. The van der Waals surface area contributed by atoms with E-state index in [0.717, 1.165) is 97.9 Å². The van der Waals surface area contributed by atoms with Crippen molar-refractivity contribution >= 4 is 168 Å². The molecule has 8 aromatic heterocycles. The van der Waals surface area contributed by atoms with E-state index in [-0.39, 0.29) is 123 Å². The molecule has 4 aromatic carbocycles.